The number of amides is 1. The van der Waals surface area contributed by atoms with Crippen molar-refractivity contribution in [3.63, 3.8) is 0 Å². The molecule has 0 bridgehead atoms. The number of rotatable bonds is 4. The molecule has 0 aliphatic carbocycles. The molecule has 0 radical (unpaired) electrons. The van der Waals surface area contributed by atoms with Crippen LogP contribution in [0, 0.1) is 0 Å². The molecule has 5 nitrogen and oxygen atoms in total. The average Bonchev–Trinajstić information content (AvgIpc) is 3.26. The minimum atomic E-state index is -3.51. The summed E-state index contributed by atoms with van der Waals surface area (Å²) in [4.78, 5) is 15.2. The van der Waals surface area contributed by atoms with Crippen LogP contribution in [0.4, 0.5) is 0 Å². The van der Waals surface area contributed by atoms with E-state index in [1.807, 2.05) is 13.0 Å². The molecule has 0 spiro atoms. The summed E-state index contributed by atoms with van der Waals surface area (Å²) in [5.41, 5.74) is 2.34. The van der Waals surface area contributed by atoms with Crippen LogP contribution >= 0.6 is 23.2 Å². The Morgan fingerprint density at radius 3 is 2.33 bits per heavy atom. The quantitative estimate of drug-likeness (QED) is 0.667. The van der Waals surface area contributed by atoms with Crippen LogP contribution in [0.25, 0.3) is 0 Å². The predicted octanol–water partition coefficient (Wildman–Crippen LogP) is 4.47. The zero-order valence-corrected chi connectivity index (χ0v) is 19.1. The lowest BCUT2D eigenvalue weighted by Gasteiger charge is -2.36. The van der Waals surface area contributed by atoms with E-state index in [1.54, 1.807) is 39.5 Å². The fraction of sp³-hybridized carbons (Fsp3) is 0.409. The fourth-order valence-corrected chi connectivity index (χ4v) is 6.77. The number of sulfonamides is 1. The predicted molar refractivity (Wildman–Crippen MR) is 118 cm³/mol. The molecule has 2 aromatic rings. The molecule has 0 aromatic heterocycles. The zero-order chi connectivity index (χ0) is 21.5. The van der Waals surface area contributed by atoms with Gasteiger partial charge >= 0.3 is 0 Å². The van der Waals surface area contributed by atoms with Gasteiger partial charge in [0.05, 0.1) is 17.4 Å². The molecule has 0 unspecified atom stereocenters. The lowest BCUT2D eigenvalue weighted by molar-refractivity contribution is -0.133. The molecule has 1 amide bonds. The fourth-order valence-electron chi connectivity index (χ4n) is 4.44. The van der Waals surface area contributed by atoms with Gasteiger partial charge in [0, 0.05) is 29.7 Å². The molecule has 2 heterocycles. The summed E-state index contributed by atoms with van der Waals surface area (Å²) in [7, 11) is -3.51. The number of hydrogen-bond donors (Lipinski definition) is 0. The third-order valence-electron chi connectivity index (χ3n) is 6.08. The Morgan fingerprint density at radius 2 is 1.67 bits per heavy atom. The summed E-state index contributed by atoms with van der Waals surface area (Å²) in [6, 6.07) is 10.4. The monoisotopic (exact) mass is 466 g/mol. The average molecular weight is 467 g/mol. The van der Waals surface area contributed by atoms with Crippen molar-refractivity contribution < 1.29 is 13.2 Å². The number of hydrogen-bond acceptors (Lipinski definition) is 3. The van der Waals surface area contributed by atoms with E-state index < -0.39 is 10.0 Å². The van der Waals surface area contributed by atoms with Crippen molar-refractivity contribution in [2.75, 3.05) is 19.6 Å². The van der Waals surface area contributed by atoms with Gasteiger partial charge in [-0.25, -0.2) is 8.42 Å². The van der Waals surface area contributed by atoms with Crippen LogP contribution in [0.3, 0.4) is 0 Å². The highest BCUT2D eigenvalue weighted by Crippen LogP contribution is 2.36. The van der Waals surface area contributed by atoms with Gasteiger partial charge in [-0.05, 0) is 61.1 Å². The van der Waals surface area contributed by atoms with Crippen molar-refractivity contribution in [2.45, 2.75) is 43.5 Å². The maximum Gasteiger partial charge on any atom is 0.243 e. The molecular weight excluding hydrogens is 443 g/mol. The molecule has 4 rings (SSSR count). The van der Waals surface area contributed by atoms with Gasteiger partial charge in [-0.15, -0.1) is 0 Å². The summed E-state index contributed by atoms with van der Waals surface area (Å²) in [6.07, 6.45) is 2.42. The first-order valence-corrected chi connectivity index (χ1v) is 12.3. The standard InChI is InChI=1S/C22H24Cl2N2O3S/c1-15-16-6-4-9-21(30(28,29)25-11-2-3-12-25)17(16)10-13-26(15)22(27)14-18-19(23)7-5-8-20(18)24/h4-9,15H,2-3,10-14H2,1H3/t15-/m0/s1. The van der Waals surface area contributed by atoms with Gasteiger partial charge in [-0.3, -0.25) is 4.79 Å². The Labute approximate surface area is 187 Å². The highest BCUT2D eigenvalue weighted by Gasteiger charge is 2.34. The maximum absolute atomic E-state index is 13.2. The van der Waals surface area contributed by atoms with Crippen molar-refractivity contribution in [3.05, 3.63) is 63.1 Å². The molecule has 0 N–H and O–H groups in total. The highest BCUT2D eigenvalue weighted by atomic mass is 35.5. The summed E-state index contributed by atoms with van der Waals surface area (Å²) < 4.78 is 27.9. The van der Waals surface area contributed by atoms with Gasteiger partial charge in [-0.2, -0.15) is 4.31 Å². The van der Waals surface area contributed by atoms with Crippen LogP contribution in [0.2, 0.25) is 10.0 Å². The van der Waals surface area contributed by atoms with E-state index in [1.165, 1.54) is 0 Å². The Hall–Kier alpha value is -1.60. The van der Waals surface area contributed by atoms with E-state index in [9.17, 15) is 13.2 Å². The lowest BCUT2D eigenvalue weighted by atomic mass is 9.93. The third kappa shape index (κ3) is 3.86. The first-order chi connectivity index (χ1) is 14.3. The number of halogens is 2. The molecule has 1 atom stereocenters. The van der Waals surface area contributed by atoms with Crippen LogP contribution < -0.4 is 0 Å². The number of fused-ring (bicyclic) bond motifs is 1. The van der Waals surface area contributed by atoms with Gasteiger partial charge in [0.2, 0.25) is 15.9 Å². The molecule has 2 aliphatic heterocycles. The largest absolute Gasteiger partial charge is 0.335 e. The van der Waals surface area contributed by atoms with Gasteiger partial charge in [0.15, 0.2) is 0 Å². The number of nitrogens with zero attached hydrogens (tertiary/aromatic N) is 2. The van der Waals surface area contributed by atoms with Crippen molar-refractivity contribution in [1.82, 2.24) is 9.21 Å². The Balaban J connectivity index is 1.61. The third-order valence-corrected chi connectivity index (χ3v) is 8.77. The van der Waals surface area contributed by atoms with Crippen LogP contribution in [0.1, 0.15) is 42.5 Å². The van der Waals surface area contributed by atoms with Gasteiger partial charge < -0.3 is 4.90 Å². The number of carbonyl (C=O) groups excluding carboxylic acids is 1. The van der Waals surface area contributed by atoms with E-state index >= 15 is 0 Å². The van der Waals surface area contributed by atoms with Crippen molar-refractivity contribution in [3.8, 4) is 0 Å². The molecule has 2 aliphatic rings. The first-order valence-electron chi connectivity index (χ1n) is 10.1. The van der Waals surface area contributed by atoms with E-state index in [-0.39, 0.29) is 18.4 Å². The summed E-state index contributed by atoms with van der Waals surface area (Å²) >= 11 is 12.5. The molecule has 0 saturated carbocycles. The van der Waals surface area contributed by atoms with Crippen molar-refractivity contribution in [2.24, 2.45) is 0 Å². The van der Waals surface area contributed by atoms with Crippen LogP contribution in [0.15, 0.2) is 41.3 Å². The number of benzene rings is 2. The minimum absolute atomic E-state index is 0.0732. The van der Waals surface area contributed by atoms with Crippen molar-refractivity contribution in [1.29, 1.82) is 0 Å². The molecule has 160 valence electrons. The summed E-state index contributed by atoms with van der Waals surface area (Å²) in [6.45, 7) is 3.55. The van der Waals surface area contributed by atoms with Gasteiger partial charge in [0.1, 0.15) is 0 Å². The summed E-state index contributed by atoms with van der Waals surface area (Å²) in [5.74, 6) is -0.0732. The summed E-state index contributed by atoms with van der Waals surface area (Å²) in [5, 5.41) is 0.944. The van der Waals surface area contributed by atoms with E-state index in [0.717, 1.165) is 24.0 Å². The molecule has 1 saturated heterocycles. The van der Waals surface area contributed by atoms with E-state index in [2.05, 4.69) is 0 Å². The first kappa shape index (κ1) is 21.6. The maximum atomic E-state index is 13.2. The highest BCUT2D eigenvalue weighted by molar-refractivity contribution is 7.89. The molecular formula is C22H24Cl2N2O3S. The smallest absolute Gasteiger partial charge is 0.243 e. The van der Waals surface area contributed by atoms with Crippen LogP contribution in [0.5, 0.6) is 0 Å². The molecule has 30 heavy (non-hydrogen) atoms. The molecule has 8 heteroatoms. The van der Waals surface area contributed by atoms with Gasteiger partial charge in [0.25, 0.3) is 0 Å². The Bertz CT molecular complexity index is 1060. The second kappa shape index (κ2) is 8.50. The van der Waals surface area contributed by atoms with E-state index in [4.69, 9.17) is 23.2 Å². The number of carbonyl (C=O) groups is 1. The second-order valence-corrected chi connectivity index (χ2v) is 10.5. The van der Waals surface area contributed by atoms with Gasteiger partial charge in [-0.1, -0.05) is 41.4 Å². The van der Waals surface area contributed by atoms with Crippen LogP contribution in [-0.2, 0) is 27.7 Å². The topological polar surface area (TPSA) is 57.7 Å². The SMILES string of the molecule is C[C@H]1c2cccc(S(=O)(=O)N3CCCC3)c2CCN1C(=O)Cc1c(Cl)cccc1Cl. The Kier molecular flexibility index (Phi) is 6.13. The van der Waals surface area contributed by atoms with E-state index in [0.29, 0.717) is 46.6 Å². The van der Waals surface area contributed by atoms with Crippen molar-refractivity contribution >= 4 is 39.1 Å². The minimum Gasteiger partial charge on any atom is -0.335 e. The molecule has 2 aromatic carbocycles. The Morgan fingerprint density at radius 1 is 1.03 bits per heavy atom. The van der Waals surface area contributed by atoms with Crippen LogP contribution in [-0.4, -0.2) is 43.2 Å². The lowest BCUT2D eigenvalue weighted by Crippen LogP contribution is -2.40. The second-order valence-electron chi connectivity index (χ2n) is 7.83. The molecule has 1 fully saturated rings. The zero-order valence-electron chi connectivity index (χ0n) is 16.8. The normalized spacial score (nSPS) is 19.7.